The normalized spacial score (nSPS) is 16.2. The van der Waals surface area contributed by atoms with Crippen molar-refractivity contribution in [2.45, 2.75) is 50.6 Å². The van der Waals surface area contributed by atoms with Crippen LogP contribution in [0.4, 0.5) is 4.79 Å². The van der Waals surface area contributed by atoms with E-state index in [-0.39, 0.29) is 12.5 Å². The number of hydrogen-bond donors (Lipinski definition) is 3. The number of aliphatic carboxylic acids is 1. The number of hydrogen-bond acceptors (Lipinski definition) is 5. The Morgan fingerprint density at radius 2 is 1.51 bits per heavy atom. The molecule has 3 aromatic carbocycles. The van der Waals surface area contributed by atoms with E-state index >= 15 is 0 Å². The first-order valence-electron chi connectivity index (χ1n) is 12.5. The van der Waals surface area contributed by atoms with Gasteiger partial charge in [0.25, 0.3) is 0 Å². The molecule has 0 radical (unpaired) electrons. The van der Waals surface area contributed by atoms with Crippen molar-refractivity contribution in [2.75, 3.05) is 6.61 Å². The molecule has 192 valence electrons. The highest BCUT2D eigenvalue weighted by molar-refractivity contribution is 5.89. The number of aryl methyl sites for hydroxylation is 1. The van der Waals surface area contributed by atoms with Gasteiger partial charge in [0.05, 0.1) is 6.42 Å². The van der Waals surface area contributed by atoms with Gasteiger partial charge in [0.1, 0.15) is 12.6 Å². The summed E-state index contributed by atoms with van der Waals surface area (Å²) >= 11 is 0. The predicted molar refractivity (Wildman–Crippen MR) is 141 cm³/mol. The summed E-state index contributed by atoms with van der Waals surface area (Å²) < 4.78 is 5.31. The summed E-state index contributed by atoms with van der Waals surface area (Å²) in [7, 11) is 0. The average molecular weight is 501 g/mol. The monoisotopic (exact) mass is 500 g/mol. The quantitative estimate of drug-likeness (QED) is 0.439. The molecule has 0 aromatic heterocycles. The fourth-order valence-corrected chi connectivity index (χ4v) is 5.04. The number of nitrogens with one attached hydrogen (secondary N) is 1. The van der Waals surface area contributed by atoms with Crippen LogP contribution in [-0.4, -0.2) is 35.6 Å². The first-order valence-corrected chi connectivity index (χ1v) is 12.5. The van der Waals surface area contributed by atoms with Crippen molar-refractivity contribution in [3.63, 3.8) is 0 Å². The van der Waals surface area contributed by atoms with Crippen molar-refractivity contribution in [3.8, 4) is 11.1 Å². The summed E-state index contributed by atoms with van der Waals surface area (Å²) in [5.41, 5.74) is 13.1. The molecule has 0 saturated heterocycles. The van der Waals surface area contributed by atoms with Gasteiger partial charge in [-0.05, 0) is 59.6 Å². The second-order valence-corrected chi connectivity index (χ2v) is 9.43. The lowest BCUT2D eigenvalue weighted by molar-refractivity contribution is -0.139. The molecule has 0 fully saturated rings. The third-order valence-electron chi connectivity index (χ3n) is 6.92. The van der Waals surface area contributed by atoms with Gasteiger partial charge in [0.15, 0.2) is 5.78 Å². The van der Waals surface area contributed by atoms with E-state index in [2.05, 4.69) is 29.6 Å². The molecule has 2 atom stereocenters. The highest BCUT2D eigenvalue weighted by Crippen LogP contribution is 2.44. The number of carbonyl (C=O) groups excluding carboxylic acids is 2. The van der Waals surface area contributed by atoms with Gasteiger partial charge >= 0.3 is 12.1 Å². The third kappa shape index (κ3) is 6.24. The molecule has 5 rings (SSSR count). The summed E-state index contributed by atoms with van der Waals surface area (Å²) in [4.78, 5) is 34.3. The number of alkyl carbamates (subject to hydrolysis) is 1. The van der Waals surface area contributed by atoms with Crippen molar-refractivity contribution < 1.29 is 24.2 Å². The van der Waals surface area contributed by atoms with Gasteiger partial charge in [0.2, 0.25) is 0 Å². The van der Waals surface area contributed by atoms with Crippen LogP contribution in [0.5, 0.6) is 0 Å². The summed E-state index contributed by atoms with van der Waals surface area (Å²) in [5, 5.41) is 11.2. The summed E-state index contributed by atoms with van der Waals surface area (Å²) in [5.74, 6) is -1.69. The Kier molecular flexibility index (Phi) is 8.36. The van der Waals surface area contributed by atoms with Gasteiger partial charge in [0, 0.05) is 12.0 Å². The number of nitrogens with two attached hydrogens (primary N) is 1. The molecule has 1 unspecified atom stereocenters. The molecule has 0 bridgehead atoms. The Labute approximate surface area is 216 Å². The lowest BCUT2D eigenvalue weighted by atomic mass is 9.88. The molecule has 2 aliphatic carbocycles. The van der Waals surface area contributed by atoms with Crippen molar-refractivity contribution in [3.05, 3.63) is 95.1 Å². The Bertz CT molecular complexity index is 1240. The Balaban J connectivity index is 0.000000241. The molecular weight excluding hydrogens is 468 g/mol. The molecule has 0 saturated carbocycles. The molecule has 2 aliphatic rings. The second-order valence-electron chi connectivity index (χ2n) is 9.43. The van der Waals surface area contributed by atoms with Gasteiger partial charge in [-0.2, -0.15) is 0 Å². The molecule has 7 nitrogen and oxygen atoms in total. The first kappa shape index (κ1) is 26.1. The van der Waals surface area contributed by atoms with Crippen LogP contribution in [0, 0.1) is 0 Å². The van der Waals surface area contributed by atoms with Crippen LogP contribution >= 0.6 is 0 Å². The second kappa shape index (κ2) is 11.8. The third-order valence-corrected chi connectivity index (χ3v) is 6.92. The van der Waals surface area contributed by atoms with Crippen LogP contribution in [-0.2, 0) is 20.7 Å². The van der Waals surface area contributed by atoms with Gasteiger partial charge in [-0.25, -0.2) is 4.79 Å². The number of ketones is 1. The molecular formula is C30H32N2O5. The van der Waals surface area contributed by atoms with E-state index in [1.807, 2.05) is 48.5 Å². The van der Waals surface area contributed by atoms with Crippen LogP contribution in [0.25, 0.3) is 11.1 Å². The van der Waals surface area contributed by atoms with E-state index in [4.69, 9.17) is 15.6 Å². The van der Waals surface area contributed by atoms with E-state index in [0.29, 0.717) is 6.04 Å². The van der Waals surface area contributed by atoms with Crippen molar-refractivity contribution in [2.24, 2.45) is 5.73 Å². The Morgan fingerprint density at radius 3 is 2.08 bits per heavy atom. The van der Waals surface area contributed by atoms with E-state index in [1.165, 1.54) is 30.9 Å². The maximum absolute atomic E-state index is 12.0. The molecule has 0 aliphatic heterocycles. The molecule has 7 heteroatoms. The van der Waals surface area contributed by atoms with E-state index < -0.39 is 30.3 Å². The van der Waals surface area contributed by atoms with E-state index in [0.717, 1.165) is 28.7 Å². The first-order chi connectivity index (χ1) is 17.8. The zero-order valence-electron chi connectivity index (χ0n) is 20.9. The number of carboxylic acid groups (broad SMARTS) is 1. The maximum atomic E-state index is 12.0. The minimum absolute atomic E-state index is 0.0941. The Hall–Kier alpha value is -3.97. The maximum Gasteiger partial charge on any atom is 0.407 e. The highest BCUT2D eigenvalue weighted by atomic mass is 16.5. The largest absolute Gasteiger partial charge is 0.481 e. The van der Waals surface area contributed by atoms with Crippen molar-refractivity contribution in [1.29, 1.82) is 0 Å². The van der Waals surface area contributed by atoms with E-state index in [1.54, 1.807) is 0 Å². The molecule has 37 heavy (non-hydrogen) atoms. The molecule has 0 spiro atoms. The lowest BCUT2D eigenvalue weighted by Gasteiger charge is -2.21. The summed E-state index contributed by atoms with van der Waals surface area (Å²) in [6, 6.07) is 23.6. The van der Waals surface area contributed by atoms with Crippen LogP contribution in [0.15, 0.2) is 72.8 Å². The lowest BCUT2D eigenvalue weighted by Crippen LogP contribution is -2.41. The number of carbonyl (C=O) groups is 3. The minimum atomic E-state index is -1.16. The minimum Gasteiger partial charge on any atom is -0.481 e. The van der Waals surface area contributed by atoms with Crippen LogP contribution in [0.3, 0.4) is 0 Å². The smallest absolute Gasteiger partial charge is 0.407 e. The van der Waals surface area contributed by atoms with Crippen molar-refractivity contribution >= 4 is 17.8 Å². The standard InChI is InChI=1S/C20H19NO5.C10H13N/c1-12(22)18(10-19(23)24)21-20(25)26-11-17-15-8-4-2-6-13(15)14-7-3-5-9-16(14)17;11-10-7-3-5-8-4-1-2-6-9(8)10/h2-9,17-18H,10-11H2,1H3,(H,21,25)(H,23,24);1-2,4,6,10H,3,5,7,11H2/t18-;/m1./s1. The van der Waals surface area contributed by atoms with Crippen LogP contribution < -0.4 is 11.1 Å². The average Bonchev–Trinajstić information content (AvgIpc) is 3.21. The number of amides is 1. The number of Topliss-reactive ketones (excluding diaryl/α,β-unsaturated/α-hetero) is 1. The zero-order chi connectivity index (χ0) is 26.4. The SMILES string of the molecule is CC(=O)[C@@H](CC(=O)O)NC(=O)OCC1c2ccccc2-c2ccccc21.NC1CCCc2ccccc21. The van der Waals surface area contributed by atoms with E-state index in [9.17, 15) is 14.4 Å². The molecule has 3 aromatic rings. The number of rotatable bonds is 6. The van der Waals surface area contributed by atoms with Gasteiger partial charge < -0.3 is 20.9 Å². The highest BCUT2D eigenvalue weighted by Gasteiger charge is 2.29. The zero-order valence-corrected chi connectivity index (χ0v) is 20.9. The Morgan fingerprint density at radius 1 is 0.946 bits per heavy atom. The fourth-order valence-electron chi connectivity index (χ4n) is 5.04. The number of carboxylic acids is 1. The molecule has 1 amide bonds. The topological polar surface area (TPSA) is 119 Å². The predicted octanol–water partition coefficient (Wildman–Crippen LogP) is 4.98. The van der Waals surface area contributed by atoms with Crippen LogP contribution in [0.1, 0.15) is 60.4 Å². The van der Waals surface area contributed by atoms with Crippen LogP contribution in [0.2, 0.25) is 0 Å². The van der Waals surface area contributed by atoms with Gasteiger partial charge in [-0.1, -0.05) is 72.8 Å². The number of ether oxygens (including phenoxy) is 1. The van der Waals surface area contributed by atoms with Gasteiger partial charge in [-0.3, -0.25) is 9.59 Å². The molecule has 4 N–H and O–H groups in total. The number of fused-ring (bicyclic) bond motifs is 4. The molecule has 0 heterocycles. The van der Waals surface area contributed by atoms with Crippen molar-refractivity contribution in [1.82, 2.24) is 5.32 Å². The fraction of sp³-hybridized carbons (Fsp3) is 0.300. The summed E-state index contributed by atoms with van der Waals surface area (Å²) in [6.45, 7) is 1.34. The summed E-state index contributed by atoms with van der Waals surface area (Å²) in [6.07, 6.45) is 2.34. The van der Waals surface area contributed by atoms with Gasteiger partial charge in [-0.15, -0.1) is 0 Å². The number of benzene rings is 3.